The van der Waals surface area contributed by atoms with Gasteiger partial charge >= 0.3 is 0 Å². The summed E-state index contributed by atoms with van der Waals surface area (Å²) in [6.45, 7) is 2.81. The molecule has 1 aliphatic rings. The van der Waals surface area contributed by atoms with Gasteiger partial charge < -0.3 is 15.4 Å². The number of benzene rings is 2. The van der Waals surface area contributed by atoms with Crippen molar-refractivity contribution in [3.8, 4) is 22.8 Å². The number of anilines is 1. The first kappa shape index (κ1) is 24.7. The summed E-state index contributed by atoms with van der Waals surface area (Å²) in [6.07, 6.45) is 5.52. The lowest BCUT2D eigenvalue weighted by atomic mass is 10.1. The first-order valence-electron chi connectivity index (χ1n) is 12.6. The molecule has 0 saturated carbocycles. The van der Waals surface area contributed by atoms with Crippen LogP contribution in [0, 0.1) is 0 Å². The maximum Gasteiger partial charge on any atom is 0.243 e. The zero-order chi connectivity index (χ0) is 25.6. The van der Waals surface area contributed by atoms with Crippen LogP contribution in [0.4, 0.5) is 5.82 Å². The molecule has 0 radical (unpaired) electrons. The van der Waals surface area contributed by atoms with E-state index >= 15 is 0 Å². The summed E-state index contributed by atoms with van der Waals surface area (Å²) >= 11 is 0. The fraction of sp³-hybridized carbons (Fsp3) is 0.333. The third-order valence-corrected chi connectivity index (χ3v) is 6.72. The number of amides is 1. The molecule has 10 heteroatoms. The maximum absolute atomic E-state index is 11.2. The first-order valence-corrected chi connectivity index (χ1v) is 12.6. The van der Waals surface area contributed by atoms with Gasteiger partial charge in [0.2, 0.25) is 5.91 Å². The van der Waals surface area contributed by atoms with Crippen LogP contribution in [-0.2, 0) is 4.79 Å². The van der Waals surface area contributed by atoms with Crippen molar-refractivity contribution in [2.24, 2.45) is 0 Å². The zero-order valence-corrected chi connectivity index (χ0v) is 20.6. The molecule has 0 bridgehead atoms. The third kappa shape index (κ3) is 5.71. The lowest BCUT2D eigenvalue weighted by Crippen LogP contribution is -2.23. The van der Waals surface area contributed by atoms with Crippen molar-refractivity contribution in [2.45, 2.75) is 38.1 Å². The number of hydrogen-bond acceptors (Lipinski definition) is 8. The van der Waals surface area contributed by atoms with E-state index in [4.69, 9.17) is 20.8 Å². The molecule has 1 fully saturated rings. The highest BCUT2D eigenvalue weighted by atomic mass is 16.5. The van der Waals surface area contributed by atoms with Gasteiger partial charge in [0.1, 0.15) is 29.3 Å². The summed E-state index contributed by atoms with van der Waals surface area (Å²) in [5.41, 5.74) is 10.4. The van der Waals surface area contributed by atoms with Crippen LogP contribution in [0.2, 0.25) is 0 Å². The fourth-order valence-corrected chi connectivity index (χ4v) is 4.83. The Balaban J connectivity index is 1.30. The highest BCUT2D eigenvalue weighted by Gasteiger charge is 2.28. The van der Waals surface area contributed by atoms with E-state index in [9.17, 15) is 4.79 Å². The van der Waals surface area contributed by atoms with Gasteiger partial charge in [-0.05, 0) is 62.2 Å². The fourth-order valence-electron chi connectivity index (χ4n) is 4.83. The van der Waals surface area contributed by atoms with Gasteiger partial charge in [0.25, 0.3) is 0 Å². The molecule has 1 unspecified atom stereocenters. The minimum Gasteiger partial charge on any atom is -0.457 e. The Bertz CT molecular complexity index is 1340. The van der Waals surface area contributed by atoms with Crippen LogP contribution in [-0.4, -0.2) is 55.4 Å². The van der Waals surface area contributed by atoms with Gasteiger partial charge in [-0.3, -0.25) is 10.0 Å². The van der Waals surface area contributed by atoms with Crippen LogP contribution in [0.3, 0.4) is 0 Å². The van der Waals surface area contributed by atoms with Gasteiger partial charge in [0.05, 0.1) is 11.4 Å². The second-order valence-corrected chi connectivity index (χ2v) is 9.28. The molecule has 0 spiro atoms. The second-order valence-electron chi connectivity index (χ2n) is 9.28. The normalized spacial score (nSPS) is 15.8. The van der Waals surface area contributed by atoms with E-state index in [0.717, 1.165) is 79.1 Å². The van der Waals surface area contributed by atoms with Gasteiger partial charge in [0.15, 0.2) is 5.65 Å². The number of nitrogens with two attached hydrogens (primary N) is 1. The molecule has 4 N–H and O–H groups in total. The number of carbonyl (C=O) groups excluding carboxylic acids is 1. The number of aromatic nitrogens is 4. The summed E-state index contributed by atoms with van der Waals surface area (Å²) in [6, 6.07) is 17.7. The minimum atomic E-state index is -0.331. The number of hydrogen-bond donors (Lipinski definition) is 3. The van der Waals surface area contributed by atoms with E-state index in [1.165, 1.54) is 6.33 Å². The molecule has 4 aromatic rings. The number of ether oxygens (including phenoxy) is 1. The Morgan fingerprint density at radius 2 is 1.84 bits per heavy atom. The van der Waals surface area contributed by atoms with Crippen molar-refractivity contribution in [3.63, 3.8) is 0 Å². The first-order chi connectivity index (χ1) is 18.1. The topological polar surface area (TPSA) is 131 Å². The van der Waals surface area contributed by atoms with Crippen LogP contribution in [0.25, 0.3) is 22.3 Å². The largest absolute Gasteiger partial charge is 0.457 e. The third-order valence-electron chi connectivity index (χ3n) is 6.72. The highest BCUT2D eigenvalue weighted by Crippen LogP contribution is 2.35. The van der Waals surface area contributed by atoms with Crippen molar-refractivity contribution in [1.29, 1.82) is 0 Å². The number of fused-ring (bicyclic) bond motifs is 1. The second kappa shape index (κ2) is 11.4. The SMILES string of the molecule is Nc1ncnc2c1c(-c1ccc(Oc3ccccc3)cc1)nn2C1CCN(CCCCCC(=O)NO)C1. The quantitative estimate of drug-likeness (QED) is 0.168. The predicted octanol–water partition coefficient (Wildman–Crippen LogP) is 4.18. The number of hydroxylamine groups is 1. The number of carbonyl (C=O) groups is 1. The van der Waals surface area contributed by atoms with Crippen molar-refractivity contribution in [1.82, 2.24) is 30.1 Å². The van der Waals surface area contributed by atoms with Gasteiger partial charge in [-0.1, -0.05) is 24.6 Å². The average Bonchev–Trinajstić information content (AvgIpc) is 3.55. The van der Waals surface area contributed by atoms with Gasteiger partial charge in [0, 0.05) is 25.1 Å². The predicted molar refractivity (Wildman–Crippen MR) is 140 cm³/mol. The number of nitrogens with one attached hydrogen (secondary N) is 1. The van der Waals surface area contributed by atoms with Crippen molar-refractivity contribution < 1.29 is 14.7 Å². The number of unbranched alkanes of at least 4 members (excludes halogenated alkanes) is 2. The molecule has 1 saturated heterocycles. The van der Waals surface area contributed by atoms with Crippen LogP contribution < -0.4 is 16.0 Å². The van der Waals surface area contributed by atoms with Gasteiger partial charge in [-0.25, -0.2) is 20.1 Å². The monoisotopic (exact) mass is 501 g/mol. The minimum absolute atomic E-state index is 0.186. The van der Waals surface area contributed by atoms with Crippen LogP contribution in [0.5, 0.6) is 11.5 Å². The van der Waals surface area contributed by atoms with Crippen molar-refractivity contribution >= 4 is 22.8 Å². The molecule has 1 amide bonds. The molecule has 5 rings (SSSR count). The Hall–Kier alpha value is -4.02. The molecule has 3 heterocycles. The number of rotatable bonds is 10. The van der Waals surface area contributed by atoms with Crippen LogP contribution in [0.15, 0.2) is 60.9 Å². The molecule has 2 aromatic heterocycles. The standard InChI is InChI=1S/C27H31N7O3/c28-26-24-25(19-10-12-22(13-11-19)37-21-7-3-1-4-8-21)31-34(27(24)30-18-29-26)20-14-16-33(17-20)15-6-2-5-9-23(35)32-36/h1,3-4,7-8,10-13,18,20,36H,2,5-6,9,14-17H2,(H,32,35)(H2,28,29,30). The lowest BCUT2D eigenvalue weighted by molar-refractivity contribution is -0.129. The highest BCUT2D eigenvalue weighted by molar-refractivity contribution is 5.98. The molecule has 10 nitrogen and oxygen atoms in total. The molecule has 0 aliphatic carbocycles. The Labute approximate surface area is 215 Å². The Kier molecular flexibility index (Phi) is 7.57. The molecular weight excluding hydrogens is 470 g/mol. The zero-order valence-electron chi connectivity index (χ0n) is 20.6. The van der Waals surface area contributed by atoms with Crippen molar-refractivity contribution in [2.75, 3.05) is 25.4 Å². The molecule has 192 valence electrons. The molecular formula is C27H31N7O3. The number of nitrogen functional groups attached to an aromatic ring is 1. The van der Waals surface area contributed by atoms with E-state index in [-0.39, 0.29) is 11.9 Å². The van der Waals surface area contributed by atoms with E-state index in [0.29, 0.717) is 12.2 Å². The summed E-state index contributed by atoms with van der Waals surface area (Å²) in [5.74, 6) is 1.61. The number of likely N-dealkylation sites (tertiary alicyclic amines) is 1. The van der Waals surface area contributed by atoms with E-state index in [2.05, 4.69) is 14.9 Å². The number of nitrogens with zero attached hydrogens (tertiary/aromatic N) is 5. The van der Waals surface area contributed by atoms with E-state index in [1.54, 1.807) is 5.48 Å². The average molecular weight is 502 g/mol. The van der Waals surface area contributed by atoms with E-state index < -0.39 is 0 Å². The summed E-state index contributed by atoms with van der Waals surface area (Å²) in [5, 5.41) is 14.3. The van der Waals surface area contributed by atoms with Crippen LogP contribution in [0.1, 0.15) is 38.1 Å². The Morgan fingerprint density at radius 3 is 2.62 bits per heavy atom. The van der Waals surface area contributed by atoms with Crippen LogP contribution >= 0.6 is 0 Å². The molecule has 1 aliphatic heterocycles. The summed E-state index contributed by atoms with van der Waals surface area (Å²) in [4.78, 5) is 22.4. The Morgan fingerprint density at radius 1 is 1.05 bits per heavy atom. The summed E-state index contributed by atoms with van der Waals surface area (Å²) in [7, 11) is 0. The molecule has 2 aromatic carbocycles. The van der Waals surface area contributed by atoms with E-state index in [1.807, 2.05) is 59.3 Å². The van der Waals surface area contributed by atoms with Gasteiger partial charge in [-0.15, -0.1) is 0 Å². The molecule has 1 atom stereocenters. The lowest BCUT2D eigenvalue weighted by Gasteiger charge is -2.16. The van der Waals surface area contributed by atoms with Crippen molar-refractivity contribution in [3.05, 3.63) is 60.9 Å². The summed E-state index contributed by atoms with van der Waals surface area (Å²) < 4.78 is 7.93. The number of para-hydroxylation sites is 1. The molecule has 37 heavy (non-hydrogen) atoms. The van der Waals surface area contributed by atoms with Gasteiger partial charge in [-0.2, -0.15) is 5.10 Å². The maximum atomic E-state index is 11.2. The smallest absolute Gasteiger partial charge is 0.243 e.